The fourth-order valence-electron chi connectivity index (χ4n) is 4.52. The molecular weight excluding hydrogens is 328 g/mol. The minimum absolute atomic E-state index is 0.0227. The number of benzene rings is 1. The van der Waals surface area contributed by atoms with Crippen LogP contribution in [-0.2, 0) is 9.53 Å². The van der Waals surface area contributed by atoms with Crippen LogP contribution in [0.5, 0.6) is 0 Å². The van der Waals surface area contributed by atoms with Gasteiger partial charge in [0.1, 0.15) is 11.6 Å². The number of aromatic nitrogens is 1. The molecule has 1 aromatic carbocycles. The van der Waals surface area contributed by atoms with Crippen LogP contribution in [0.2, 0.25) is 0 Å². The van der Waals surface area contributed by atoms with E-state index >= 15 is 0 Å². The Labute approximate surface area is 154 Å². The molecule has 2 aliphatic rings. The van der Waals surface area contributed by atoms with E-state index in [4.69, 9.17) is 9.15 Å². The van der Waals surface area contributed by atoms with Crippen molar-refractivity contribution in [3.63, 3.8) is 0 Å². The van der Waals surface area contributed by atoms with E-state index in [-0.39, 0.29) is 11.9 Å². The Morgan fingerprint density at radius 2 is 2.12 bits per heavy atom. The average molecular weight is 356 g/mol. The third kappa shape index (κ3) is 3.63. The number of nitrogens with zero attached hydrogens (tertiary/aromatic N) is 2. The van der Waals surface area contributed by atoms with Gasteiger partial charge in [0.15, 0.2) is 5.58 Å². The van der Waals surface area contributed by atoms with Gasteiger partial charge in [0.25, 0.3) is 0 Å². The van der Waals surface area contributed by atoms with E-state index in [0.717, 1.165) is 62.6 Å². The highest BCUT2D eigenvalue weighted by molar-refractivity contribution is 5.77. The smallest absolute Gasteiger partial charge is 0.223 e. The standard InChI is InChI=1S/C21H28N2O3/c1-25-16-8-6-7-15(13-16)14-20(24)23-12-5-4-10-18(23)21-22-17-9-2-3-11-19(17)26-21/h2-3,9,11,15-16,18H,4-8,10,12-14H2,1H3. The van der Waals surface area contributed by atoms with Crippen molar-refractivity contribution in [2.75, 3.05) is 13.7 Å². The summed E-state index contributed by atoms with van der Waals surface area (Å²) in [6.07, 6.45) is 8.46. The van der Waals surface area contributed by atoms with Crippen LogP contribution in [-0.4, -0.2) is 35.5 Å². The number of likely N-dealkylation sites (tertiary alicyclic amines) is 1. The second kappa shape index (κ2) is 7.78. The molecule has 1 aliphatic heterocycles. The van der Waals surface area contributed by atoms with Crippen molar-refractivity contribution in [3.05, 3.63) is 30.2 Å². The number of ether oxygens (including phenoxy) is 1. The Balaban J connectivity index is 1.48. The van der Waals surface area contributed by atoms with Crippen molar-refractivity contribution >= 4 is 17.0 Å². The highest BCUT2D eigenvalue weighted by Crippen LogP contribution is 2.35. The summed E-state index contributed by atoms with van der Waals surface area (Å²) in [4.78, 5) is 19.8. The Bertz CT molecular complexity index is 724. The molecule has 1 amide bonds. The van der Waals surface area contributed by atoms with Crippen LogP contribution in [0.3, 0.4) is 0 Å². The first-order chi connectivity index (χ1) is 12.7. The highest BCUT2D eigenvalue weighted by atomic mass is 16.5. The van der Waals surface area contributed by atoms with E-state index < -0.39 is 0 Å². The van der Waals surface area contributed by atoms with Crippen LogP contribution in [0.1, 0.15) is 63.3 Å². The summed E-state index contributed by atoms with van der Waals surface area (Å²) in [7, 11) is 1.78. The van der Waals surface area contributed by atoms with E-state index in [1.807, 2.05) is 29.2 Å². The maximum atomic E-state index is 13.1. The van der Waals surface area contributed by atoms with Gasteiger partial charge in [-0.3, -0.25) is 4.79 Å². The monoisotopic (exact) mass is 356 g/mol. The molecule has 2 fully saturated rings. The van der Waals surface area contributed by atoms with Gasteiger partial charge in [0.2, 0.25) is 11.8 Å². The minimum atomic E-state index is -0.0227. The lowest BCUT2D eigenvalue weighted by Gasteiger charge is -2.36. The molecule has 3 atom stereocenters. The number of rotatable bonds is 4. The Kier molecular flexibility index (Phi) is 5.25. The van der Waals surface area contributed by atoms with Crippen molar-refractivity contribution in [2.24, 2.45) is 5.92 Å². The normalized spacial score (nSPS) is 27.0. The summed E-state index contributed by atoms with van der Waals surface area (Å²) < 4.78 is 11.5. The number of hydrogen-bond donors (Lipinski definition) is 0. The van der Waals surface area contributed by atoms with Crippen LogP contribution in [0.15, 0.2) is 28.7 Å². The van der Waals surface area contributed by atoms with Gasteiger partial charge in [0.05, 0.1) is 6.10 Å². The van der Waals surface area contributed by atoms with Crippen LogP contribution in [0.25, 0.3) is 11.1 Å². The summed E-state index contributed by atoms with van der Waals surface area (Å²) in [5, 5.41) is 0. The minimum Gasteiger partial charge on any atom is -0.438 e. The molecule has 0 bridgehead atoms. The second-order valence-electron chi connectivity index (χ2n) is 7.71. The molecule has 5 heteroatoms. The number of carbonyl (C=O) groups excluding carboxylic acids is 1. The van der Waals surface area contributed by atoms with Gasteiger partial charge < -0.3 is 14.1 Å². The lowest BCUT2D eigenvalue weighted by atomic mass is 9.84. The number of carbonyl (C=O) groups is 1. The van der Waals surface area contributed by atoms with Crippen molar-refractivity contribution < 1.29 is 13.9 Å². The first kappa shape index (κ1) is 17.5. The summed E-state index contributed by atoms with van der Waals surface area (Å²) in [6, 6.07) is 7.80. The van der Waals surface area contributed by atoms with E-state index in [9.17, 15) is 4.79 Å². The largest absolute Gasteiger partial charge is 0.438 e. The number of para-hydroxylation sites is 2. The number of amides is 1. The molecule has 1 saturated heterocycles. The fraction of sp³-hybridized carbons (Fsp3) is 0.619. The molecule has 2 aromatic rings. The lowest BCUT2D eigenvalue weighted by molar-refractivity contribution is -0.137. The van der Waals surface area contributed by atoms with E-state index in [1.54, 1.807) is 7.11 Å². The molecule has 0 N–H and O–H groups in total. The molecule has 140 valence electrons. The van der Waals surface area contributed by atoms with Crippen molar-refractivity contribution in [2.45, 2.75) is 63.5 Å². The Morgan fingerprint density at radius 3 is 2.96 bits per heavy atom. The zero-order valence-corrected chi connectivity index (χ0v) is 15.5. The van der Waals surface area contributed by atoms with Crippen molar-refractivity contribution in [1.29, 1.82) is 0 Å². The van der Waals surface area contributed by atoms with E-state index in [0.29, 0.717) is 24.3 Å². The predicted molar refractivity (Wildman–Crippen MR) is 99.7 cm³/mol. The summed E-state index contributed by atoms with van der Waals surface area (Å²) in [6.45, 7) is 0.808. The van der Waals surface area contributed by atoms with Gasteiger partial charge in [-0.1, -0.05) is 18.6 Å². The molecule has 4 rings (SSSR count). The number of fused-ring (bicyclic) bond motifs is 1. The molecule has 3 unspecified atom stereocenters. The van der Waals surface area contributed by atoms with Crippen LogP contribution in [0, 0.1) is 5.92 Å². The molecule has 2 heterocycles. The van der Waals surface area contributed by atoms with Crippen LogP contribution < -0.4 is 0 Å². The van der Waals surface area contributed by atoms with E-state index in [2.05, 4.69) is 4.98 Å². The van der Waals surface area contributed by atoms with Gasteiger partial charge in [-0.15, -0.1) is 0 Å². The quantitative estimate of drug-likeness (QED) is 0.811. The van der Waals surface area contributed by atoms with Crippen molar-refractivity contribution in [1.82, 2.24) is 9.88 Å². The molecule has 1 aliphatic carbocycles. The molecule has 26 heavy (non-hydrogen) atoms. The van der Waals surface area contributed by atoms with Crippen molar-refractivity contribution in [3.8, 4) is 0 Å². The average Bonchev–Trinajstić information content (AvgIpc) is 3.12. The maximum Gasteiger partial charge on any atom is 0.223 e. The highest BCUT2D eigenvalue weighted by Gasteiger charge is 2.33. The van der Waals surface area contributed by atoms with Crippen LogP contribution >= 0.6 is 0 Å². The zero-order chi connectivity index (χ0) is 17.9. The second-order valence-corrected chi connectivity index (χ2v) is 7.71. The Hall–Kier alpha value is -1.88. The molecule has 0 spiro atoms. The van der Waals surface area contributed by atoms with Gasteiger partial charge in [-0.05, 0) is 56.6 Å². The third-order valence-corrected chi connectivity index (χ3v) is 5.95. The van der Waals surface area contributed by atoms with Gasteiger partial charge in [0, 0.05) is 20.1 Å². The summed E-state index contributed by atoms with van der Waals surface area (Å²) >= 11 is 0. The summed E-state index contributed by atoms with van der Waals surface area (Å²) in [5.41, 5.74) is 1.67. The molecule has 1 aromatic heterocycles. The van der Waals surface area contributed by atoms with Gasteiger partial charge >= 0.3 is 0 Å². The lowest BCUT2D eigenvalue weighted by Crippen LogP contribution is -2.40. The number of hydrogen-bond acceptors (Lipinski definition) is 4. The fourth-order valence-corrected chi connectivity index (χ4v) is 4.52. The van der Waals surface area contributed by atoms with E-state index in [1.165, 1.54) is 0 Å². The zero-order valence-electron chi connectivity index (χ0n) is 15.5. The van der Waals surface area contributed by atoms with Gasteiger partial charge in [-0.2, -0.15) is 0 Å². The molecule has 5 nitrogen and oxygen atoms in total. The molecular formula is C21H28N2O3. The first-order valence-electron chi connectivity index (χ1n) is 9.92. The van der Waals surface area contributed by atoms with Crippen LogP contribution in [0.4, 0.5) is 0 Å². The predicted octanol–water partition coefficient (Wildman–Crippen LogP) is 4.48. The molecule has 1 saturated carbocycles. The number of oxazole rings is 1. The molecule has 0 radical (unpaired) electrons. The SMILES string of the molecule is COC1CCCC(CC(=O)N2CCCCC2c2nc3ccccc3o2)C1. The maximum absolute atomic E-state index is 13.1. The Morgan fingerprint density at radius 1 is 1.23 bits per heavy atom. The number of piperidine rings is 1. The number of methoxy groups -OCH3 is 1. The topological polar surface area (TPSA) is 55.6 Å². The van der Waals surface area contributed by atoms with Gasteiger partial charge in [-0.25, -0.2) is 4.98 Å². The third-order valence-electron chi connectivity index (χ3n) is 5.95. The first-order valence-corrected chi connectivity index (χ1v) is 9.92. The summed E-state index contributed by atoms with van der Waals surface area (Å²) in [5.74, 6) is 1.38.